The van der Waals surface area contributed by atoms with E-state index >= 15 is 0 Å². The summed E-state index contributed by atoms with van der Waals surface area (Å²) in [7, 11) is 0. The lowest BCUT2D eigenvalue weighted by atomic mass is 10.2. The molecule has 0 aliphatic carbocycles. The molecule has 0 saturated carbocycles. The number of amides is 1. The smallest absolute Gasteiger partial charge is 0.329 e. The molecule has 1 saturated heterocycles. The standard InChI is InChI=1S/C24H29N3O4/c1-3-26-20-8-4-5-9-21(20)27(24(26)29)13-12-23(28)25-19-11-10-17(2)15-22(19)31-16-18-7-6-14-30-18/h4-5,8-11,15,18H,3,6-7,12-14,16H2,1-2H3,(H,25,28). The Hall–Kier alpha value is -3.06. The van der Waals surface area contributed by atoms with E-state index in [0.717, 1.165) is 36.0 Å². The molecule has 164 valence electrons. The van der Waals surface area contributed by atoms with Gasteiger partial charge in [-0.2, -0.15) is 0 Å². The summed E-state index contributed by atoms with van der Waals surface area (Å²) in [6, 6.07) is 13.4. The first-order valence-corrected chi connectivity index (χ1v) is 10.9. The number of hydrogen-bond donors (Lipinski definition) is 1. The summed E-state index contributed by atoms with van der Waals surface area (Å²) in [6.45, 7) is 6.09. The topological polar surface area (TPSA) is 74.5 Å². The number of carbonyl (C=O) groups excluding carboxylic acids is 1. The minimum absolute atomic E-state index is 0.0904. The van der Waals surface area contributed by atoms with E-state index in [0.29, 0.717) is 31.1 Å². The van der Waals surface area contributed by atoms with Crippen LogP contribution in [0.1, 0.15) is 31.7 Å². The summed E-state index contributed by atoms with van der Waals surface area (Å²) in [6.07, 6.45) is 2.34. The number of carbonyl (C=O) groups is 1. The molecule has 0 bridgehead atoms. The van der Waals surface area contributed by atoms with Crippen molar-refractivity contribution in [2.24, 2.45) is 0 Å². The highest BCUT2D eigenvalue weighted by molar-refractivity contribution is 5.92. The van der Waals surface area contributed by atoms with Gasteiger partial charge in [-0.1, -0.05) is 18.2 Å². The Balaban J connectivity index is 1.44. The van der Waals surface area contributed by atoms with Crippen LogP contribution in [-0.2, 0) is 22.6 Å². The van der Waals surface area contributed by atoms with Crippen LogP contribution in [0.5, 0.6) is 5.75 Å². The Kier molecular flexibility index (Phi) is 6.42. The van der Waals surface area contributed by atoms with Crippen molar-refractivity contribution in [3.63, 3.8) is 0 Å². The maximum atomic E-state index is 12.8. The zero-order chi connectivity index (χ0) is 21.8. The summed E-state index contributed by atoms with van der Waals surface area (Å²) in [5.74, 6) is 0.481. The molecule has 4 rings (SSSR count). The van der Waals surface area contributed by atoms with Gasteiger partial charge in [-0.3, -0.25) is 13.9 Å². The predicted octanol–water partition coefficient (Wildman–Crippen LogP) is 3.72. The number of hydrogen-bond acceptors (Lipinski definition) is 4. The number of aromatic nitrogens is 2. The second-order valence-corrected chi connectivity index (χ2v) is 7.91. The van der Waals surface area contributed by atoms with Crippen molar-refractivity contribution >= 4 is 22.6 Å². The fourth-order valence-electron chi connectivity index (χ4n) is 4.03. The average Bonchev–Trinajstić information content (AvgIpc) is 3.38. The highest BCUT2D eigenvalue weighted by atomic mass is 16.5. The van der Waals surface area contributed by atoms with E-state index in [1.165, 1.54) is 0 Å². The van der Waals surface area contributed by atoms with Crippen LogP contribution in [0.15, 0.2) is 47.3 Å². The van der Waals surface area contributed by atoms with Crippen LogP contribution < -0.4 is 15.7 Å². The van der Waals surface area contributed by atoms with Crippen LogP contribution in [0.2, 0.25) is 0 Å². The van der Waals surface area contributed by atoms with E-state index in [-0.39, 0.29) is 24.1 Å². The average molecular weight is 424 g/mol. The van der Waals surface area contributed by atoms with Crippen LogP contribution in [0.4, 0.5) is 5.69 Å². The van der Waals surface area contributed by atoms with Crippen molar-refractivity contribution in [1.29, 1.82) is 0 Å². The Morgan fingerprint density at radius 1 is 1.19 bits per heavy atom. The summed E-state index contributed by atoms with van der Waals surface area (Å²) < 4.78 is 15.0. The molecule has 1 amide bonds. The highest BCUT2D eigenvalue weighted by Gasteiger charge is 2.18. The van der Waals surface area contributed by atoms with Crippen molar-refractivity contribution in [3.8, 4) is 5.75 Å². The molecule has 1 unspecified atom stereocenters. The molecule has 1 aliphatic heterocycles. The quantitative estimate of drug-likeness (QED) is 0.599. The monoisotopic (exact) mass is 423 g/mol. The lowest BCUT2D eigenvalue weighted by molar-refractivity contribution is -0.116. The van der Waals surface area contributed by atoms with Crippen molar-refractivity contribution in [1.82, 2.24) is 9.13 Å². The molecule has 2 aromatic carbocycles. The van der Waals surface area contributed by atoms with Gasteiger partial charge in [0.1, 0.15) is 12.4 Å². The molecule has 1 aromatic heterocycles. The number of imidazole rings is 1. The second-order valence-electron chi connectivity index (χ2n) is 7.91. The van der Waals surface area contributed by atoms with Crippen molar-refractivity contribution in [2.45, 2.75) is 52.3 Å². The van der Waals surface area contributed by atoms with Crippen LogP contribution in [0.25, 0.3) is 11.0 Å². The first kappa shape index (κ1) is 21.2. The minimum atomic E-state index is -0.161. The number of nitrogens with one attached hydrogen (secondary N) is 1. The Morgan fingerprint density at radius 2 is 1.97 bits per heavy atom. The molecule has 1 N–H and O–H groups in total. The number of anilines is 1. The third-order valence-electron chi connectivity index (χ3n) is 5.66. The van der Waals surface area contributed by atoms with Gasteiger partial charge in [0, 0.05) is 26.1 Å². The molecule has 7 nitrogen and oxygen atoms in total. The zero-order valence-corrected chi connectivity index (χ0v) is 18.1. The maximum absolute atomic E-state index is 12.8. The van der Waals surface area contributed by atoms with Crippen LogP contribution in [0.3, 0.4) is 0 Å². The van der Waals surface area contributed by atoms with Crippen LogP contribution in [-0.4, -0.2) is 34.4 Å². The van der Waals surface area contributed by atoms with E-state index in [4.69, 9.17) is 9.47 Å². The van der Waals surface area contributed by atoms with E-state index in [1.54, 1.807) is 9.13 Å². The molecular weight excluding hydrogens is 394 g/mol. The maximum Gasteiger partial charge on any atom is 0.329 e. The highest BCUT2D eigenvalue weighted by Crippen LogP contribution is 2.27. The first-order valence-electron chi connectivity index (χ1n) is 10.9. The number of fused-ring (bicyclic) bond motifs is 1. The minimum Gasteiger partial charge on any atom is -0.489 e. The van der Waals surface area contributed by atoms with Gasteiger partial charge in [0.15, 0.2) is 0 Å². The van der Waals surface area contributed by atoms with E-state index in [2.05, 4.69) is 5.32 Å². The fourth-order valence-corrected chi connectivity index (χ4v) is 4.03. The normalized spacial score (nSPS) is 16.0. The lowest BCUT2D eigenvalue weighted by Gasteiger charge is -2.16. The number of nitrogens with zero attached hydrogens (tertiary/aromatic N) is 2. The van der Waals surface area contributed by atoms with Gasteiger partial charge in [0.2, 0.25) is 5.91 Å². The number of aryl methyl sites for hydroxylation is 3. The number of ether oxygens (including phenoxy) is 2. The predicted molar refractivity (Wildman–Crippen MR) is 121 cm³/mol. The molecule has 3 aromatic rings. The van der Waals surface area contributed by atoms with E-state index < -0.39 is 0 Å². The Morgan fingerprint density at radius 3 is 2.68 bits per heavy atom. The van der Waals surface area contributed by atoms with Gasteiger partial charge in [-0.15, -0.1) is 0 Å². The summed E-state index contributed by atoms with van der Waals surface area (Å²) >= 11 is 0. The van der Waals surface area contributed by atoms with Crippen LogP contribution >= 0.6 is 0 Å². The Bertz CT molecular complexity index is 1130. The van der Waals surface area contributed by atoms with Gasteiger partial charge in [-0.25, -0.2) is 4.79 Å². The van der Waals surface area contributed by atoms with E-state index in [1.807, 2.05) is 56.3 Å². The number of rotatable bonds is 8. The van der Waals surface area contributed by atoms with Gasteiger partial charge < -0.3 is 14.8 Å². The molecular formula is C24H29N3O4. The van der Waals surface area contributed by atoms with Gasteiger partial charge in [0.05, 0.1) is 22.8 Å². The van der Waals surface area contributed by atoms with Gasteiger partial charge in [-0.05, 0) is 56.5 Å². The number of para-hydroxylation sites is 2. The molecule has 7 heteroatoms. The van der Waals surface area contributed by atoms with Crippen molar-refractivity contribution in [3.05, 3.63) is 58.5 Å². The van der Waals surface area contributed by atoms with Gasteiger partial charge in [0.25, 0.3) is 0 Å². The largest absolute Gasteiger partial charge is 0.489 e. The molecule has 1 fully saturated rings. The third kappa shape index (κ3) is 4.66. The molecule has 2 heterocycles. The molecule has 1 aliphatic rings. The van der Waals surface area contributed by atoms with Gasteiger partial charge >= 0.3 is 5.69 Å². The number of benzene rings is 2. The van der Waals surface area contributed by atoms with Crippen LogP contribution in [0, 0.1) is 6.92 Å². The lowest BCUT2D eigenvalue weighted by Crippen LogP contribution is -2.26. The fraction of sp³-hybridized carbons (Fsp3) is 0.417. The first-order chi connectivity index (χ1) is 15.1. The van der Waals surface area contributed by atoms with E-state index in [9.17, 15) is 9.59 Å². The summed E-state index contributed by atoms with van der Waals surface area (Å²) in [5.41, 5.74) is 3.33. The summed E-state index contributed by atoms with van der Waals surface area (Å²) in [5, 5.41) is 2.94. The second kappa shape index (κ2) is 9.39. The summed E-state index contributed by atoms with van der Waals surface area (Å²) in [4.78, 5) is 25.4. The van der Waals surface area contributed by atoms with Crippen molar-refractivity contribution < 1.29 is 14.3 Å². The molecule has 31 heavy (non-hydrogen) atoms. The zero-order valence-electron chi connectivity index (χ0n) is 18.1. The Labute approximate surface area is 181 Å². The third-order valence-corrected chi connectivity index (χ3v) is 5.66. The molecule has 1 atom stereocenters. The molecule has 0 radical (unpaired) electrons. The molecule has 0 spiro atoms. The van der Waals surface area contributed by atoms with Crippen molar-refractivity contribution in [2.75, 3.05) is 18.5 Å². The SMILES string of the molecule is CCn1c(=O)n(CCC(=O)Nc2ccc(C)cc2OCC2CCCO2)c2ccccc21.